The van der Waals surface area contributed by atoms with E-state index in [1.54, 1.807) is 48.7 Å². The minimum atomic E-state index is -4.43. The molecule has 0 bridgehead atoms. The minimum absolute atomic E-state index is 0.00969. The lowest BCUT2D eigenvalue weighted by Crippen LogP contribution is -2.28. The highest BCUT2D eigenvalue weighted by molar-refractivity contribution is 7.91. The van der Waals surface area contributed by atoms with Gasteiger partial charge in [-0.1, -0.05) is 42.5 Å². The molecule has 1 amide bonds. The number of carbonyl (C=O) groups excluding carboxylic acids is 1. The zero-order chi connectivity index (χ0) is 28.9. The van der Waals surface area contributed by atoms with Crippen LogP contribution < -0.4 is 10.1 Å². The topological polar surface area (TPSA) is 109 Å². The van der Waals surface area contributed by atoms with Crippen molar-refractivity contribution < 1.29 is 31.1 Å². The van der Waals surface area contributed by atoms with E-state index in [0.29, 0.717) is 22.4 Å². The van der Waals surface area contributed by atoms with Gasteiger partial charge in [0.2, 0.25) is 0 Å². The number of hydrogen-bond donors (Lipinski definition) is 1. The Hall–Kier alpha value is -4.21. The lowest BCUT2D eigenvalue weighted by Gasteiger charge is -2.17. The van der Waals surface area contributed by atoms with Gasteiger partial charge in [-0.2, -0.15) is 18.4 Å². The molecule has 4 aromatic rings. The van der Waals surface area contributed by atoms with Gasteiger partial charge in [-0.05, 0) is 54.1 Å². The van der Waals surface area contributed by atoms with Gasteiger partial charge in [0.1, 0.15) is 5.75 Å². The first-order chi connectivity index (χ1) is 19.0. The van der Waals surface area contributed by atoms with Crippen molar-refractivity contribution in [3.8, 4) is 28.3 Å². The quantitative estimate of drug-likeness (QED) is 0.231. The molecule has 3 aromatic carbocycles. The normalized spacial score (nSPS) is 12.4. The van der Waals surface area contributed by atoms with Gasteiger partial charge in [0.15, 0.2) is 9.84 Å². The van der Waals surface area contributed by atoms with Crippen LogP contribution in [0.2, 0.25) is 0 Å². The molecule has 0 spiro atoms. The molecule has 12 heteroatoms. The number of carbonyl (C=O) groups is 1. The fourth-order valence-electron chi connectivity index (χ4n) is 3.70. The zero-order valence-electron chi connectivity index (χ0n) is 21.0. The number of nitrogens with one attached hydrogen (secondary N) is 1. The fourth-order valence-corrected chi connectivity index (χ4v) is 5.28. The first-order valence-corrected chi connectivity index (χ1v) is 14.4. The number of nitriles is 1. The Bertz CT molecular complexity index is 1630. The lowest BCUT2D eigenvalue weighted by molar-refractivity contribution is -0.137. The molecule has 1 atom stereocenters. The number of aromatic nitrogens is 1. The van der Waals surface area contributed by atoms with Gasteiger partial charge in [0.05, 0.1) is 40.4 Å². The van der Waals surface area contributed by atoms with E-state index < -0.39 is 33.5 Å². The molecular weight excluding hydrogens is 563 g/mol. The Balaban J connectivity index is 1.42. The maximum absolute atomic E-state index is 12.9. The van der Waals surface area contributed by atoms with Gasteiger partial charge in [-0.3, -0.25) is 4.79 Å². The van der Waals surface area contributed by atoms with Gasteiger partial charge in [0, 0.05) is 16.5 Å². The summed E-state index contributed by atoms with van der Waals surface area (Å²) >= 11 is 1.17. The van der Waals surface area contributed by atoms with Gasteiger partial charge in [-0.15, -0.1) is 0 Å². The highest BCUT2D eigenvalue weighted by Gasteiger charge is 2.30. The number of thiazole rings is 1. The minimum Gasteiger partial charge on any atom is -0.431 e. The number of hydrogen-bond acceptors (Lipinski definition) is 7. The van der Waals surface area contributed by atoms with Crippen LogP contribution in [0.3, 0.4) is 0 Å². The molecule has 1 N–H and O–H groups in total. The molecule has 4 rings (SSSR count). The largest absolute Gasteiger partial charge is 0.431 e. The molecule has 0 saturated heterocycles. The van der Waals surface area contributed by atoms with Crippen molar-refractivity contribution in [1.82, 2.24) is 10.3 Å². The highest BCUT2D eigenvalue weighted by Crippen LogP contribution is 2.33. The van der Waals surface area contributed by atoms with Crippen molar-refractivity contribution in [2.24, 2.45) is 0 Å². The van der Waals surface area contributed by atoms with Crippen molar-refractivity contribution in [3.63, 3.8) is 0 Å². The summed E-state index contributed by atoms with van der Waals surface area (Å²) in [6.07, 6.45) is -4.44. The van der Waals surface area contributed by atoms with Crippen LogP contribution in [0.5, 0.6) is 10.9 Å². The Morgan fingerprint density at radius 3 is 2.27 bits per heavy atom. The number of amides is 1. The maximum Gasteiger partial charge on any atom is 0.416 e. The Kier molecular flexibility index (Phi) is 8.56. The van der Waals surface area contributed by atoms with Crippen LogP contribution in [0.15, 0.2) is 83.1 Å². The predicted molar refractivity (Wildman–Crippen MR) is 144 cm³/mol. The van der Waals surface area contributed by atoms with Gasteiger partial charge < -0.3 is 10.1 Å². The van der Waals surface area contributed by atoms with Crippen LogP contribution in [-0.4, -0.2) is 25.1 Å². The Morgan fingerprint density at radius 2 is 1.70 bits per heavy atom. The molecule has 40 heavy (non-hydrogen) atoms. The van der Waals surface area contributed by atoms with Crippen molar-refractivity contribution in [2.45, 2.75) is 30.5 Å². The van der Waals surface area contributed by atoms with E-state index in [2.05, 4.69) is 10.3 Å². The predicted octanol–water partition coefficient (Wildman–Crippen LogP) is 6.80. The summed E-state index contributed by atoms with van der Waals surface area (Å²) in [5.41, 5.74) is 1.42. The van der Waals surface area contributed by atoms with Crippen LogP contribution >= 0.6 is 11.3 Å². The zero-order valence-corrected chi connectivity index (χ0v) is 22.6. The van der Waals surface area contributed by atoms with Crippen molar-refractivity contribution in [3.05, 3.63) is 94.9 Å². The molecule has 1 aromatic heterocycles. The Labute approximate surface area is 232 Å². The van der Waals surface area contributed by atoms with E-state index in [0.717, 1.165) is 12.1 Å². The summed E-state index contributed by atoms with van der Waals surface area (Å²) in [5, 5.41) is 14.0. The monoisotopic (exact) mass is 585 g/mol. The molecular formula is C28H22F3N3O4S2. The van der Waals surface area contributed by atoms with Crippen LogP contribution in [0.4, 0.5) is 13.2 Å². The van der Waals surface area contributed by atoms with E-state index in [9.17, 15) is 31.6 Å². The number of ether oxygens (including phenoxy) is 1. The molecule has 7 nitrogen and oxygen atoms in total. The standard InChI is InChI=1S/C28H22F3N3O4S2/c1-2-40(36,37)23-13-7-18(8-14-23)24(15-16-32)33-26(35)20-5-3-19(4-6-20)25-17-39-27(34-25)38-22-11-9-21(10-12-22)28(29,30)31/h3-14,17,24H,2,15H2,1H3,(H,33,35). The van der Waals surface area contributed by atoms with Gasteiger partial charge in [0.25, 0.3) is 11.1 Å². The molecule has 1 unspecified atom stereocenters. The molecule has 1 heterocycles. The lowest BCUT2D eigenvalue weighted by atomic mass is 10.0. The molecule has 0 aliphatic rings. The van der Waals surface area contributed by atoms with Crippen LogP contribution in [-0.2, 0) is 16.0 Å². The van der Waals surface area contributed by atoms with Crippen LogP contribution in [0, 0.1) is 11.3 Å². The number of benzene rings is 3. The average molecular weight is 586 g/mol. The van der Waals surface area contributed by atoms with Gasteiger partial charge >= 0.3 is 6.18 Å². The second kappa shape index (κ2) is 11.9. The smallest absolute Gasteiger partial charge is 0.416 e. The van der Waals surface area contributed by atoms with Crippen LogP contribution in [0.25, 0.3) is 11.3 Å². The SMILES string of the molecule is CCS(=O)(=O)c1ccc(C(CC#N)NC(=O)c2ccc(-c3csc(Oc4ccc(C(F)(F)F)cc4)n3)cc2)cc1. The first kappa shape index (κ1) is 28.8. The molecule has 0 fully saturated rings. The fraction of sp³-hybridized carbons (Fsp3) is 0.179. The van der Waals surface area contributed by atoms with Gasteiger partial charge in [-0.25, -0.2) is 13.4 Å². The molecule has 206 valence electrons. The third-order valence-corrected chi connectivity index (χ3v) is 8.40. The summed E-state index contributed by atoms with van der Waals surface area (Å²) in [5.74, 6) is -0.231. The summed E-state index contributed by atoms with van der Waals surface area (Å²) in [7, 11) is -3.37. The highest BCUT2D eigenvalue weighted by atomic mass is 32.2. The molecule has 0 saturated carbocycles. The van der Waals surface area contributed by atoms with E-state index in [1.807, 2.05) is 6.07 Å². The van der Waals surface area contributed by atoms with E-state index >= 15 is 0 Å². The summed E-state index contributed by atoms with van der Waals surface area (Å²) in [6.45, 7) is 1.55. The first-order valence-electron chi connectivity index (χ1n) is 11.9. The number of nitrogens with zero attached hydrogens (tertiary/aromatic N) is 2. The van der Waals surface area contributed by atoms with E-state index in [1.165, 1.54) is 35.6 Å². The summed E-state index contributed by atoms with van der Waals surface area (Å²) in [4.78, 5) is 17.4. The molecule has 0 aliphatic carbocycles. The molecule has 0 aliphatic heterocycles. The van der Waals surface area contributed by atoms with Crippen molar-refractivity contribution >= 4 is 27.1 Å². The van der Waals surface area contributed by atoms with Crippen molar-refractivity contribution in [1.29, 1.82) is 5.26 Å². The second-order valence-electron chi connectivity index (χ2n) is 8.56. The average Bonchev–Trinajstić information content (AvgIpc) is 3.41. The maximum atomic E-state index is 12.9. The number of halogens is 3. The van der Waals surface area contributed by atoms with E-state index in [4.69, 9.17) is 4.74 Å². The van der Waals surface area contributed by atoms with Crippen LogP contribution in [0.1, 0.15) is 40.9 Å². The number of rotatable bonds is 9. The Morgan fingerprint density at radius 1 is 1.05 bits per heavy atom. The summed E-state index contributed by atoms with van der Waals surface area (Å²) < 4.78 is 67.9. The third-order valence-electron chi connectivity index (χ3n) is 5.94. The van der Waals surface area contributed by atoms with E-state index in [-0.39, 0.29) is 28.0 Å². The number of alkyl halides is 3. The number of sulfone groups is 1. The van der Waals surface area contributed by atoms with Crippen molar-refractivity contribution in [2.75, 3.05) is 5.75 Å². The molecule has 0 radical (unpaired) electrons. The summed E-state index contributed by atoms with van der Waals surface area (Å²) in [6, 6.07) is 18.4. The third kappa shape index (κ3) is 6.86. The second-order valence-corrected chi connectivity index (χ2v) is 11.7.